The number of piperazine rings is 1. The van der Waals surface area contributed by atoms with Gasteiger partial charge in [0.2, 0.25) is 5.91 Å². The number of hydrogen-bond acceptors (Lipinski definition) is 8. The largest absolute Gasteiger partial charge is 0.478 e. The summed E-state index contributed by atoms with van der Waals surface area (Å²) in [5.41, 5.74) is 2.94. The van der Waals surface area contributed by atoms with E-state index in [-0.39, 0.29) is 24.4 Å². The van der Waals surface area contributed by atoms with Gasteiger partial charge < -0.3 is 14.9 Å². The zero-order valence-electron chi connectivity index (χ0n) is 24.3. The fraction of sp³-hybridized carbons (Fsp3) is 0.452. The van der Waals surface area contributed by atoms with E-state index < -0.39 is 17.9 Å². The topological polar surface area (TPSA) is 133 Å². The third-order valence-corrected chi connectivity index (χ3v) is 8.98. The molecular weight excluding hydrogens is 550 g/mol. The summed E-state index contributed by atoms with van der Waals surface area (Å²) in [7, 11) is 1.64. The molecule has 0 aliphatic carbocycles. The maximum atomic E-state index is 12.9. The van der Waals surface area contributed by atoms with Crippen molar-refractivity contribution in [2.45, 2.75) is 31.7 Å². The molecule has 1 atom stereocenters. The number of anilines is 2. The number of carbonyl (C=O) groups excluding carboxylic acids is 2. The lowest BCUT2D eigenvalue weighted by Crippen LogP contribution is -2.49. The average molecular weight is 588 g/mol. The summed E-state index contributed by atoms with van der Waals surface area (Å²) in [6, 6.07) is 14.4. The van der Waals surface area contributed by atoms with E-state index in [0.717, 1.165) is 75.6 Å². The second-order valence-electron chi connectivity index (χ2n) is 11.7. The van der Waals surface area contributed by atoms with Gasteiger partial charge in [0.15, 0.2) is 5.82 Å². The first kappa shape index (κ1) is 28.7. The molecule has 6 rings (SSSR count). The van der Waals surface area contributed by atoms with Crippen molar-refractivity contribution < 1.29 is 19.5 Å². The Morgan fingerprint density at radius 3 is 2.07 bits per heavy atom. The fourth-order valence-corrected chi connectivity index (χ4v) is 6.39. The summed E-state index contributed by atoms with van der Waals surface area (Å²) >= 11 is 0. The molecule has 3 aliphatic rings. The zero-order chi connectivity index (χ0) is 30.1. The second-order valence-corrected chi connectivity index (χ2v) is 11.7. The van der Waals surface area contributed by atoms with Crippen molar-refractivity contribution in [2.24, 2.45) is 13.0 Å². The number of hydrogen-bond donors (Lipinski definition) is 2. The van der Waals surface area contributed by atoms with Crippen LogP contribution >= 0.6 is 0 Å². The van der Waals surface area contributed by atoms with Crippen LogP contribution in [0.5, 0.6) is 0 Å². The molecule has 12 heteroatoms. The van der Waals surface area contributed by atoms with Gasteiger partial charge >= 0.3 is 11.7 Å². The highest BCUT2D eigenvalue weighted by molar-refractivity contribution is 5.99. The van der Waals surface area contributed by atoms with Crippen LogP contribution in [0.15, 0.2) is 53.3 Å². The maximum Gasteiger partial charge on any atom is 0.346 e. The van der Waals surface area contributed by atoms with E-state index in [1.165, 1.54) is 9.25 Å². The molecule has 1 unspecified atom stereocenters. The predicted molar refractivity (Wildman–Crippen MR) is 161 cm³/mol. The Balaban J connectivity index is 1.00. The molecule has 0 bridgehead atoms. The molecule has 3 aromatic rings. The van der Waals surface area contributed by atoms with Crippen molar-refractivity contribution in [1.82, 2.24) is 24.6 Å². The van der Waals surface area contributed by atoms with E-state index in [1.54, 1.807) is 19.2 Å². The SMILES string of the molecule is Cn1c(-c2ccc(N3CCN(CC4CCN(c5ccc(C(=O)O)cc5)CC4)CC3)cc2)nn(C2CCC(=O)NC2=O)c1=O. The van der Waals surface area contributed by atoms with E-state index in [4.69, 9.17) is 5.11 Å². The molecule has 1 aromatic heterocycles. The van der Waals surface area contributed by atoms with Crippen molar-refractivity contribution >= 4 is 29.2 Å². The van der Waals surface area contributed by atoms with Crippen molar-refractivity contribution in [1.29, 1.82) is 0 Å². The molecule has 3 aliphatic heterocycles. The minimum Gasteiger partial charge on any atom is -0.478 e. The van der Waals surface area contributed by atoms with Crippen LogP contribution < -0.4 is 20.8 Å². The van der Waals surface area contributed by atoms with E-state index >= 15 is 0 Å². The molecule has 2 aromatic carbocycles. The number of carboxylic acids is 1. The Morgan fingerprint density at radius 2 is 1.47 bits per heavy atom. The van der Waals surface area contributed by atoms with Crippen LogP contribution in [0.4, 0.5) is 11.4 Å². The monoisotopic (exact) mass is 587 g/mol. The van der Waals surface area contributed by atoms with Gasteiger partial charge in [0.25, 0.3) is 5.91 Å². The third kappa shape index (κ3) is 6.05. The molecule has 4 heterocycles. The van der Waals surface area contributed by atoms with Gasteiger partial charge in [0, 0.05) is 76.2 Å². The summed E-state index contributed by atoms with van der Waals surface area (Å²) in [4.78, 5) is 55.1. The van der Waals surface area contributed by atoms with Gasteiger partial charge in [-0.3, -0.25) is 24.4 Å². The van der Waals surface area contributed by atoms with Crippen LogP contribution in [0.1, 0.15) is 42.1 Å². The Kier molecular flexibility index (Phi) is 8.02. The van der Waals surface area contributed by atoms with Gasteiger partial charge in [-0.05, 0) is 73.7 Å². The number of carboxylic acid groups (broad SMARTS) is 1. The minimum atomic E-state index is -0.896. The molecule has 2 amide bonds. The van der Waals surface area contributed by atoms with E-state index in [9.17, 15) is 19.2 Å². The molecular formula is C31H37N7O5. The average Bonchev–Trinajstić information content (AvgIpc) is 3.31. The first-order valence-corrected chi connectivity index (χ1v) is 14.9. The van der Waals surface area contributed by atoms with Crippen molar-refractivity contribution in [2.75, 3.05) is 55.6 Å². The van der Waals surface area contributed by atoms with Crippen LogP contribution in [0.2, 0.25) is 0 Å². The quantitative estimate of drug-likeness (QED) is 0.398. The lowest BCUT2D eigenvalue weighted by Gasteiger charge is -2.40. The Morgan fingerprint density at radius 1 is 0.860 bits per heavy atom. The lowest BCUT2D eigenvalue weighted by molar-refractivity contribution is -0.136. The molecule has 0 spiro atoms. The third-order valence-electron chi connectivity index (χ3n) is 8.98. The number of piperidine rings is 2. The Labute approximate surface area is 249 Å². The van der Waals surface area contributed by atoms with Gasteiger partial charge in [0.1, 0.15) is 6.04 Å². The lowest BCUT2D eigenvalue weighted by atomic mass is 9.95. The van der Waals surface area contributed by atoms with Gasteiger partial charge in [-0.15, -0.1) is 5.10 Å². The molecule has 3 saturated heterocycles. The Bertz CT molecular complexity index is 1550. The van der Waals surface area contributed by atoms with Crippen LogP contribution in [0, 0.1) is 5.92 Å². The molecule has 2 N–H and O–H groups in total. The highest BCUT2D eigenvalue weighted by Crippen LogP contribution is 2.27. The summed E-state index contributed by atoms with van der Waals surface area (Å²) in [5.74, 6) is -0.577. The maximum absolute atomic E-state index is 12.9. The standard InChI is InChI=1S/C31H37N7O5/c1-34-28(33-38(31(34)43)26-10-11-27(39)32-29(26)40)22-2-6-25(7-3-22)37-18-16-35(17-19-37)20-21-12-14-36(15-13-21)24-8-4-23(5-9-24)30(41)42/h2-9,21,26H,10-20H2,1H3,(H,41,42)(H,32,39,40). The number of nitrogens with one attached hydrogen (secondary N) is 1. The number of amides is 2. The summed E-state index contributed by atoms with van der Waals surface area (Å²) in [6.07, 6.45) is 2.70. The van der Waals surface area contributed by atoms with Crippen molar-refractivity contribution in [3.63, 3.8) is 0 Å². The van der Waals surface area contributed by atoms with Crippen LogP contribution in [0.25, 0.3) is 11.4 Å². The number of aromatic carboxylic acids is 1. The van der Waals surface area contributed by atoms with Gasteiger partial charge in [0.05, 0.1) is 5.56 Å². The van der Waals surface area contributed by atoms with Gasteiger partial charge in [-0.25, -0.2) is 14.3 Å². The van der Waals surface area contributed by atoms with Gasteiger partial charge in [-0.2, -0.15) is 0 Å². The molecule has 226 valence electrons. The number of nitrogens with zero attached hydrogens (tertiary/aromatic N) is 6. The minimum absolute atomic E-state index is 0.183. The van der Waals surface area contributed by atoms with E-state index in [2.05, 4.69) is 37.2 Å². The molecule has 43 heavy (non-hydrogen) atoms. The molecule has 12 nitrogen and oxygen atoms in total. The van der Waals surface area contributed by atoms with Crippen LogP contribution in [-0.2, 0) is 16.6 Å². The fourth-order valence-electron chi connectivity index (χ4n) is 6.39. The number of aromatic nitrogens is 3. The zero-order valence-corrected chi connectivity index (χ0v) is 24.3. The predicted octanol–water partition coefficient (Wildman–Crippen LogP) is 1.96. The number of carbonyl (C=O) groups is 3. The summed E-state index contributed by atoms with van der Waals surface area (Å²) in [5, 5.41) is 15.9. The molecule has 0 saturated carbocycles. The normalized spacial score (nSPS) is 20.3. The van der Waals surface area contributed by atoms with Crippen LogP contribution in [-0.4, -0.2) is 88.0 Å². The number of benzene rings is 2. The van der Waals surface area contributed by atoms with Crippen molar-refractivity contribution in [3.8, 4) is 11.4 Å². The highest BCUT2D eigenvalue weighted by atomic mass is 16.4. The van der Waals surface area contributed by atoms with Crippen LogP contribution in [0.3, 0.4) is 0 Å². The smallest absolute Gasteiger partial charge is 0.346 e. The van der Waals surface area contributed by atoms with E-state index in [0.29, 0.717) is 17.3 Å². The first-order chi connectivity index (χ1) is 20.8. The summed E-state index contributed by atoms with van der Waals surface area (Å²) < 4.78 is 2.63. The highest BCUT2D eigenvalue weighted by Gasteiger charge is 2.31. The Hall–Kier alpha value is -4.45. The second kappa shape index (κ2) is 12.0. The molecule has 3 fully saturated rings. The number of rotatable bonds is 7. The molecule has 0 radical (unpaired) electrons. The van der Waals surface area contributed by atoms with Crippen molar-refractivity contribution in [3.05, 3.63) is 64.6 Å². The first-order valence-electron chi connectivity index (χ1n) is 14.9. The van der Waals surface area contributed by atoms with E-state index in [1.807, 2.05) is 24.3 Å². The summed E-state index contributed by atoms with van der Waals surface area (Å²) in [6.45, 7) is 6.96. The van der Waals surface area contributed by atoms with Gasteiger partial charge in [-0.1, -0.05) is 0 Å². The number of imide groups is 1.